The van der Waals surface area contributed by atoms with Gasteiger partial charge < -0.3 is 14.9 Å². The summed E-state index contributed by atoms with van der Waals surface area (Å²) in [6.45, 7) is -0.753. The zero-order valence-corrected chi connectivity index (χ0v) is 15.1. The quantitative estimate of drug-likeness (QED) is 0.153. The molecular formula is C14H12F4IN3O4. The van der Waals surface area contributed by atoms with Crippen molar-refractivity contribution in [2.24, 2.45) is 5.41 Å². The first kappa shape index (κ1) is 20.5. The number of esters is 1. The topological polar surface area (TPSA) is 97.5 Å². The number of rotatable bonds is 7. The Labute approximate surface area is 157 Å². The molecule has 0 aliphatic heterocycles. The lowest BCUT2D eigenvalue weighted by molar-refractivity contribution is 0.0583. The molecule has 12 heteroatoms. The first-order chi connectivity index (χ1) is 12.3. The molecule has 0 saturated heterocycles. The number of benzene rings is 1. The fourth-order valence-electron chi connectivity index (χ4n) is 1.88. The van der Waals surface area contributed by atoms with Crippen LogP contribution in [0.5, 0.6) is 5.75 Å². The molecule has 142 valence electrons. The average Bonchev–Trinajstić information content (AvgIpc) is 3.10. The van der Waals surface area contributed by atoms with Crippen LogP contribution in [0.4, 0.5) is 17.6 Å². The number of hydrogen-bond donors (Lipinski definition) is 2. The average molecular weight is 487 g/mol. The van der Waals surface area contributed by atoms with E-state index in [0.717, 1.165) is 10.9 Å². The van der Waals surface area contributed by atoms with Gasteiger partial charge in [0.1, 0.15) is 0 Å². The third-order valence-electron chi connectivity index (χ3n) is 3.47. The molecule has 1 aromatic carbocycles. The van der Waals surface area contributed by atoms with Crippen LogP contribution >= 0.6 is 22.6 Å². The lowest BCUT2D eigenvalue weighted by atomic mass is 9.93. The van der Waals surface area contributed by atoms with Gasteiger partial charge in [0.25, 0.3) is 0 Å². The summed E-state index contributed by atoms with van der Waals surface area (Å²) in [6.07, 6.45) is 1.04. The second-order valence-electron chi connectivity index (χ2n) is 5.44. The van der Waals surface area contributed by atoms with Crippen LogP contribution in [-0.4, -0.2) is 48.8 Å². The van der Waals surface area contributed by atoms with Crippen molar-refractivity contribution in [2.45, 2.75) is 6.54 Å². The molecule has 0 radical (unpaired) electrons. The maximum absolute atomic E-state index is 13.5. The Hall–Kier alpha value is -1.80. The molecule has 1 heterocycles. The third kappa shape index (κ3) is 4.12. The fourth-order valence-corrected chi connectivity index (χ4v) is 2.60. The van der Waals surface area contributed by atoms with E-state index in [4.69, 9.17) is 0 Å². The van der Waals surface area contributed by atoms with Crippen molar-refractivity contribution >= 4 is 28.6 Å². The Balaban J connectivity index is 2.22. The van der Waals surface area contributed by atoms with Crippen molar-refractivity contribution in [3.8, 4) is 5.75 Å². The zero-order valence-electron chi connectivity index (χ0n) is 12.9. The lowest BCUT2D eigenvalue weighted by Crippen LogP contribution is -2.36. The van der Waals surface area contributed by atoms with Crippen LogP contribution in [0.3, 0.4) is 0 Å². The molecule has 26 heavy (non-hydrogen) atoms. The number of halogens is 5. The summed E-state index contributed by atoms with van der Waals surface area (Å²) in [4.78, 5) is 11.9. The van der Waals surface area contributed by atoms with Gasteiger partial charge in [-0.2, -0.15) is 8.78 Å². The number of hydrogen-bond acceptors (Lipinski definition) is 6. The van der Waals surface area contributed by atoms with E-state index in [1.807, 2.05) is 22.6 Å². The fraction of sp³-hybridized carbons (Fsp3) is 0.357. The van der Waals surface area contributed by atoms with Crippen LogP contribution in [0.25, 0.3) is 0 Å². The first-order valence-electron chi connectivity index (χ1n) is 7.00. The molecule has 2 N–H and O–H groups in total. The summed E-state index contributed by atoms with van der Waals surface area (Å²) in [6, 6.07) is -0.0221. The summed E-state index contributed by atoms with van der Waals surface area (Å²) in [7, 11) is 0. The predicted molar refractivity (Wildman–Crippen MR) is 86.7 cm³/mol. The maximum atomic E-state index is 13.5. The monoisotopic (exact) mass is 487 g/mol. The Morgan fingerprint density at radius 2 is 1.77 bits per heavy atom. The highest BCUT2D eigenvalue weighted by Crippen LogP contribution is 2.27. The normalized spacial score (nSPS) is 11.7. The number of ether oxygens (including phenoxy) is 1. The number of carbonyl (C=O) groups is 1. The minimum absolute atomic E-state index is 0.0134. The minimum atomic E-state index is -1.87. The van der Waals surface area contributed by atoms with Crippen molar-refractivity contribution in [2.75, 3.05) is 17.6 Å². The molecule has 0 spiro atoms. The highest BCUT2D eigenvalue weighted by atomic mass is 125. The number of aliphatic hydroxyl groups is 2. The van der Waals surface area contributed by atoms with E-state index < -0.39 is 46.1 Å². The highest BCUT2D eigenvalue weighted by Gasteiger charge is 2.30. The second-order valence-corrected chi connectivity index (χ2v) is 6.20. The van der Waals surface area contributed by atoms with Crippen LogP contribution in [0.2, 0.25) is 0 Å². The molecule has 0 amide bonds. The molecule has 7 nitrogen and oxygen atoms in total. The smallest absolute Gasteiger partial charge is 0.366 e. The van der Waals surface area contributed by atoms with E-state index in [9.17, 15) is 32.6 Å². The van der Waals surface area contributed by atoms with E-state index in [2.05, 4.69) is 15.0 Å². The van der Waals surface area contributed by atoms with Gasteiger partial charge in [-0.05, 0) is 0 Å². The number of carbonyl (C=O) groups excluding carboxylic acids is 1. The van der Waals surface area contributed by atoms with Crippen LogP contribution in [0.15, 0.2) is 12.3 Å². The Morgan fingerprint density at radius 1 is 1.19 bits per heavy atom. The molecule has 0 aliphatic carbocycles. The van der Waals surface area contributed by atoms with Gasteiger partial charge in [0.05, 0.1) is 26.0 Å². The van der Waals surface area contributed by atoms with Gasteiger partial charge in [-0.25, -0.2) is 13.6 Å². The summed E-state index contributed by atoms with van der Waals surface area (Å²) in [5.74, 6) is -10.1. The van der Waals surface area contributed by atoms with E-state index >= 15 is 0 Å². The number of alkyl halides is 1. The molecule has 0 aliphatic rings. The van der Waals surface area contributed by atoms with E-state index in [1.54, 1.807) is 0 Å². The number of aromatic nitrogens is 3. The molecule has 2 rings (SSSR count). The summed E-state index contributed by atoms with van der Waals surface area (Å²) in [5.41, 5.74) is -1.43. The largest absolute Gasteiger partial charge is 0.415 e. The van der Waals surface area contributed by atoms with Gasteiger partial charge in [-0.15, -0.1) is 5.10 Å². The molecule has 0 fully saturated rings. The molecule has 0 bridgehead atoms. The summed E-state index contributed by atoms with van der Waals surface area (Å²) < 4.78 is 59.1. The zero-order chi connectivity index (χ0) is 19.5. The van der Waals surface area contributed by atoms with Crippen molar-refractivity contribution < 1.29 is 37.3 Å². The number of nitrogens with zero attached hydrogens (tertiary/aromatic N) is 3. The van der Waals surface area contributed by atoms with Gasteiger partial charge in [0.15, 0.2) is 17.3 Å². The third-order valence-corrected chi connectivity index (χ3v) is 5.08. The lowest BCUT2D eigenvalue weighted by Gasteiger charge is -2.26. The Morgan fingerprint density at radius 3 is 2.27 bits per heavy atom. The number of aliphatic hydroxyl groups excluding tert-OH is 2. The summed E-state index contributed by atoms with van der Waals surface area (Å²) >= 11 is 1.95. The Kier molecular flexibility index (Phi) is 6.52. The van der Waals surface area contributed by atoms with E-state index in [-0.39, 0.29) is 25.8 Å². The second kappa shape index (κ2) is 8.26. The van der Waals surface area contributed by atoms with E-state index in [0.29, 0.717) is 4.43 Å². The van der Waals surface area contributed by atoms with Crippen LogP contribution in [-0.2, 0) is 6.54 Å². The van der Waals surface area contributed by atoms with Gasteiger partial charge in [0.2, 0.25) is 17.4 Å². The van der Waals surface area contributed by atoms with E-state index in [1.165, 1.54) is 0 Å². The van der Waals surface area contributed by atoms with Crippen LogP contribution in [0, 0.1) is 28.7 Å². The van der Waals surface area contributed by atoms with Gasteiger partial charge in [-0.1, -0.05) is 27.8 Å². The maximum Gasteiger partial charge on any atom is 0.366 e. The van der Waals surface area contributed by atoms with Crippen LogP contribution < -0.4 is 4.74 Å². The standard InChI is InChI=1S/C14H12F4IN3O4/c15-7-1-8(16)11(18)12(10(7)17)26-13(25)9-2-22(21-20-9)4-14(3-19,5-23)6-24/h1-2,23-24H,3-6H2/i19-2. The molecule has 0 unspecified atom stereocenters. The molecular weight excluding hydrogens is 475 g/mol. The molecule has 0 saturated carbocycles. The first-order valence-corrected chi connectivity index (χ1v) is 8.52. The van der Waals surface area contributed by atoms with Gasteiger partial charge in [0, 0.05) is 15.9 Å². The van der Waals surface area contributed by atoms with Crippen molar-refractivity contribution in [1.82, 2.24) is 15.0 Å². The van der Waals surface area contributed by atoms with Gasteiger partial charge in [-0.3, -0.25) is 4.68 Å². The van der Waals surface area contributed by atoms with Crippen molar-refractivity contribution in [1.29, 1.82) is 0 Å². The molecule has 2 aromatic rings. The minimum Gasteiger partial charge on any atom is -0.415 e. The summed E-state index contributed by atoms with van der Waals surface area (Å²) in [5, 5.41) is 25.8. The molecule has 1 aromatic heterocycles. The van der Waals surface area contributed by atoms with Crippen molar-refractivity contribution in [3.05, 3.63) is 41.2 Å². The molecule has 0 atom stereocenters. The van der Waals surface area contributed by atoms with Gasteiger partial charge >= 0.3 is 5.97 Å². The SMILES string of the molecule is O=C(Oc1c(F)c(F)cc(F)c1F)c1cn(CC(CO)(CO)C[125I])nn1. The Bertz CT molecular complexity index is 779. The highest BCUT2D eigenvalue weighted by molar-refractivity contribution is 14.1. The van der Waals surface area contributed by atoms with Crippen LogP contribution in [0.1, 0.15) is 10.5 Å². The van der Waals surface area contributed by atoms with Crippen molar-refractivity contribution in [3.63, 3.8) is 0 Å². The predicted octanol–water partition coefficient (Wildman–Crippen LogP) is 1.46.